The molecule has 1 aromatic rings. The minimum atomic E-state index is -0.498. The highest BCUT2D eigenvalue weighted by Gasteiger charge is 2.27. The van der Waals surface area contributed by atoms with Crippen LogP contribution in [-0.2, 0) is 11.3 Å². The molecule has 5 heteroatoms. The maximum absolute atomic E-state index is 12.0. The first kappa shape index (κ1) is 16.3. The van der Waals surface area contributed by atoms with Crippen LogP contribution in [0.3, 0.4) is 0 Å². The van der Waals surface area contributed by atoms with E-state index < -0.39 is 6.10 Å². The number of hydrogen-bond acceptors (Lipinski definition) is 3. The van der Waals surface area contributed by atoms with E-state index in [9.17, 15) is 4.79 Å². The van der Waals surface area contributed by atoms with E-state index in [0.29, 0.717) is 18.6 Å². The van der Waals surface area contributed by atoms with Crippen molar-refractivity contribution in [3.8, 4) is 5.75 Å². The molecule has 1 aliphatic carbocycles. The maximum Gasteiger partial charge on any atom is 0.260 e. The van der Waals surface area contributed by atoms with Crippen LogP contribution in [0.15, 0.2) is 22.7 Å². The number of hydrogen-bond donors (Lipinski definition) is 2. The van der Waals surface area contributed by atoms with Crippen molar-refractivity contribution >= 4 is 21.8 Å². The van der Waals surface area contributed by atoms with Crippen molar-refractivity contribution in [2.75, 3.05) is 0 Å². The van der Waals surface area contributed by atoms with Crippen LogP contribution in [0, 0.1) is 0 Å². The molecule has 0 bridgehead atoms. The third-order valence-electron chi connectivity index (χ3n) is 3.34. The van der Waals surface area contributed by atoms with Crippen LogP contribution in [-0.4, -0.2) is 24.1 Å². The van der Waals surface area contributed by atoms with Gasteiger partial charge in [-0.05, 0) is 41.8 Å². The van der Waals surface area contributed by atoms with Crippen LogP contribution in [0.2, 0.25) is 0 Å². The predicted molar refractivity (Wildman–Crippen MR) is 87.4 cm³/mol. The summed E-state index contributed by atoms with van der Waals surface area (Å²) in [5, 5.41) is 6.34. The molecule has 21 heavy (non-hydrogen) atoms. The molecular formula is C16H23BrN2O2. The van der Waals surface area contributed by atoms with Crippen molar-refractivity contribution < 1.29 is 9.53 Å². The molecule has 2 N–H and O–H groups in total. The Bertz CT molecular complexity index is 501. The molecule has 0 radical (unpaired) electrons. The second-order valence-corrected chi connectivity index (χ2v) is 6.66. The number of carbonyl (C=O) groups excluding carboxylic acids is 1. The Kier molecular flexibility index (Phi) is 5.65. The third-order valence-corrected chi connectivity index (χ3v) is 3.96. The summed E-state index contributed by atoms with van der Waals surface area (Å²) in [6.07, 6.45) is 1.66. The Morgan fingerprint density at radius 2 is 2.10 bits per heavy atom. The Labute approximate surface area is 134 Å². The van der Waals surface area contributed by atoms with Crippen LogP contribution in [0.1, 0.15) is 39.2 Å². The SMILES string of the molecule is CC(C)NCc1cccc(Br)c1OC(C)C(=O)NC1CC1. The van der Waals surface area contributed by atoms with Gasteiger partial charge < -0.3 is 15.4 Å². The maximum atomic E-state index is 12.0. The largest absolute Gasteiger partial charge is 0.479 e. The topological polar surface area (TPSA) is 50.4 Å². The molecule has 0 spiro atoms. The van der Waals surface area contributed by atoms with Gasteiger partial charge in [-0.2, -0.15) is 0 Å². The molecule has 0 heterocycles. The van der Waals surface area contributed by atoms with E-state index in [1.165, 1.54) is 0 Å². The number of amides is 1. The highest BCUT2D eigenvalue weighted by Crippen LogP contribution is 2.30. The van der Waals surface area contributed by atoms with Gasteiger partial charge >= 0.3 is 0 Å². The number of rotatable bonds is 7. The summed E-state index contributed by atoms with van der Waals surface area (Å²) in [5.41, 5.74) is 1.05. The summed E-state index contributed by atoms with van der Waals surface area (Å²) in [6.45, 7) is 6.70. The molecule has 0 aliphatic heterocycles. The lowest BCUT2D eigenvalue weighted by molar-refractivity contribution is -0.127. The van der Waals surface area contributed by atoms with E-state index in [4.69, 9.17) is 4.74 Å². The van der Waals surface area contributed by atoms with Crippen molar-refractivity contribution in [1.29, 1.82) is 0 Å². The molecule has 2 rings (SSSR count). The zero-order valence-corrected chi connectivity index (χ0v) is 14.4. The fraction of sp³-hybridized carbons (Fsp3) is 0.562. The quantitative estimate of drug-likeness (QED) is 0.791. The smallest absolute Gasteiger partial charge is 0.260 e. The van der Waals surface area contributed by atoms with Crippen molar-refractivity contribution in [2.45, 2.75) is 58.3 Å². The Morgan fingerprint density at radius 3 is 2.71 bits per heavy atom. The molecule has 1 fully saturated rings. The number of nitrogens with one attached hydrogen (secondary N) is 2. The number of halogens is 1. The molecule has 1 saturated carbocycles. The van der Waals surface area contributed by atoms with Crippen molar-refractivity contribution in [3.63, 3.8) is 0 Å². The fourth-order valence-electron chi connectivity index (χ4n) is 1.92. The molecule has 4 nitrogen and oxygen atoms in total. The highest BCUT2D eigenvalue weighted by molar-refractivity contribution is 9.10. The van der Waals surface area contributed by atoms with Gasteiger partial charge in [-0.15, -0.1) is 0 Å². The summed E-state index contributed by atoms with van der Waals surface area (Å²) >= 11 is 3.51. The average Bonchev–Trinajstić information content (AvgIpc) is 3.23. The molecule has 0 saturated heterocycles. The zero-order chi connectivity index (χ0) is 15.4. The molecule has 1 unspecified atom stereocenters. The van der Waals surface area contributed by atoms with Gasteiger partial charge in [0.05, 0.1) is 4.47 Å². The van der Waals surface area contributed by atoms with E-state index in [-0.39, 0.29) is 5.91 Å². The minimum absolute atomic E-state index is 0.0454. The van der Waals surface area contributed by atoms with Crippen LogP contribution in [0.4, 0.5) is 0 Å². The minimum Gasteiger partial charge on any atom is -0.479 e. The average molecular weight is 355 g/mol. The van der Waals surface area contributed by atoms with Crippen LogP contribution in [0.5, 0.6) is 5.75 Å². The summed E-state index contributed by atoms with van der Waals surface area (Å²) < 4.78 is 6.77. The van der Waals surface area contributed by atoms with Gasteiger partial charge in [0.15, 0.2) is 6.10 Å². The first-order valence-corrected chi connectivity index (χ1v) is 8.24. The Hall–Kier alpha value is -1.07. The van der Waals surface area contributed by atoms with Crippen molar-refractivity contribution in [1.82, 2.24) is 10.6 Å². The van der Waals surface area contributed by atoms with Gasteiger partial charge in [0, 0.05) is 24.2 Å². The van der Waals surface area contributed by atoms with Gasteiger partial charge in [0.25, 0.3) is 5.91 Å². The third kappa shape index (κ3) is 5.00. The molecular weight excluding hydrogens is 332 g/mol. The van der Waals surface area contributed by atoms with E-state index in [1.807, 2.05) is 18.2 Å². The molecule has 1 amide bonds. The molecule has 0 aromatic heterocycles. The monoisotopic (exact) mass is 354 g/mol. The van der Waals surface area contributed by atoms with E-state index >= 15 is 0 Å². The second kappa shape index (κ2) is 7.27. The number of ether oxygens (including phenoxy) is 1. The van der Waals surface area contributed by atoms with Crippen LogP contribution >= 0.6 is 15.9 Å². The van der Waals surface area contributed by atoms with Crippen LogP contribution < -0.4 is 15.4 Å². The lowest BCUT2D eigenvalue weighted by Crippen LogP contribution is -2.37. The first-order valence-electron chi connectivity index (χ1n) is 7.45. The van der Waals surface area contributed by atoms with Gasteiger partial charge in [0.1, 0.15) is 5.75 Å². The standard InChI is InChI=1S/C16H23BrN2O2/c1-10(2)18-9-12-5-4-6-14(17)15(12)21-11(3)16(20)19-13-7-8-13/h4-6,10-11,13,18H,7-9H2,1-3H3,(H,19,20). The first-order chi connectivity index (χ1) is 9.97. The van der Waals surface area contributed by atoms with Gasteiger partial charge in [0.2, 0.25) is 0 Å². The van der Waals surface area contributed by atoms with E-state index in [2.05, 4.69) is 40.4 Å². The van der Waals surface area contributed by atoms with Gasteiger partial charge in [-0.25, -0.2) is 0 Å². The predicted octanol–water partition coefficient (Wildman–Crippen LogP) is 2.99. The molecule has 116 valence electrons. The van der Waals surface area contributed by atoms with E-state index in [0.717, 1.165) is 28.6 Å². The highest BCUT2D eigenvalue weighted by atomic mass is 79.9. The van der Waals surface area contributed by atoms with Crippen LogP contribution in [0.25, 0.3) is 0 Å². The van der Waals surface area contributed by atoms with Crippen molar-refractivity contribution in [2.24, 2.45) is 0 Å². The molecule has 1 aliphatic rings. The summed E-state index contributed by atoms with van der Waals surface area (Å²) in [6, 6.07) is 6.67. The van der Waals surface area contributed by atoms with Crippen molar-refractivity contribution in [3.05, 3.63) is 28.2 Å². The summed E-state index contributed by atoms with van der Waals surface area (Å²) in [4.78, 5) is 12.0. The Balaban J connectivity index is 2.04. The number of para-hydroxylation sites is 1. The normalized spacial score (nSPS) is 15.9. The Morgan fingerprint density at radius 1 is 1.38 bits per heavy atom. The zero-order valence-electron chi connectivity index (χ0n) is 12.8. The molecule has 1 aromatic carbocycles. The lowest BCUT2D eigenvalue weighted by Gasteiger charge is -2.19. The number of carbonyl (C=O) groups is 1. The van der Waals surface area contributed by atoms with E-state index in [1.54, 1.807) is 6.92 Å². The van der Waals surface area contributed by atoms with Gasteiger partial charge in [-0.3, -0.25) is 4.79 Å². The fourth-order valence-corrected chi connectivity index (χ4v) is 2.42. The summed E-state index contributed by atoms with van der Waals surface area (Å²) in [5.74, 6) is 0.695. The molecule has 1 atom stereocenters. The second-order valence-electron chi connectivity index (χ2n) is 5.81. The lowest BCUT2D eigenvalue weighted by atomic mass is 10.2. The summed E-state index contributed by atoms with van der Waals surface area (Å²) in [7, 11) is 0. The number of benzene rings is 1. The van der Waals surface area contributed by atoms with Gasteiger partial charge in [-0.1, -0.05) is 26.0 Å².